The SMILES string of the molecule is COc1ccc(C2CCCN2C(=O)c2ccc(CN3CCCCC3)cc2)cc1OC. The van der Waals surface area contributed by atoms with Gasteiger partial charge in [-0.1, -0.05) is 24.6 Å². The molecule has 4 rings (SSSR count). The molecule has 160 valence electrons. The lowest BCUT2D eigenvalue weighted by molar-refractivity contribution is 0.0735. The summed E-state index contributed by atoms with van der Waals surface area (Å²) in [5, 5.41) is 0. The number of carbonyl (C=O) groups is 1. The summed E-state index contributed by atoms with van der Waals surface area (Å²) < 4.78 is 10.8. The molecule has 2 aliphatic heterocycles. The highest BCUT2D eigenvalue weighted by Gasteiger charge is 2.31. The van der Waals surface area contributed by atoms with Gasteiger partial charge in [-0.15, -0.1) is 0 Å². The van der Waals surface area contributed by atoms with Crippen molar-refractivity contribution in [1.82, 2.24) is 9.80 Å². The van der Waals surface area contributed by atoms with E-state index in [0.29, 0.717) is 11.5 Å². The first-order valence-corrected chi connectivity index (χ1v) is 11.0. The van der Waals surface area contributed by atoms with Gasteiger partial charge in [0, 0.05) is 18.7 Å². The molecule has 5 nitrogen and oxygen atoms in total. The number of benzene rings is 2. The molecular weight excluding hydrogens is 376 g/mol. The van der Waals surface area contributed by atoms with Crippen LogP contribution in [0.1, 0.15) is 59.6 Å². The first-order valence-electron chi connectivity index (χ1n) is 11.0. The van der Waals surface area contributed by atoms with Gasteiger partial charge in [0.15, 0.2) is 11.5 Å². The summed E-state index contributed by atoms with van der Waals surface area (Å²) in [6.45, 7) is 4.13. The minimum Gasteiger partial charge on any atom is -0.493 e. The summed E-state index contributed by atoms with van der Waals surface area (Å²) in [6.07, 6.45) is 5.92. The van der Waals surface area contributed by atoms with Crippen LogP contribution in [0.5, 0.6) is 11.5 Å². The zero-order chi connectivity index (χ0) is 20.9. The number of likely N-dealkylation sites (tertiary alicyclic amines) is 2. The van der Waals surface area contributed by atoms with Gasteiger partial charge in [-0.05, 0) is 74.2 Å². The lowest BCUT2D eigenvalue weighted by Gasteiger charge is -2.27. The number of methoxy groups -OCH3 is 2. The second-order valence-corrected chi connectivity index (χ2v) is 8.30. The van der Waals surface area contributed by atoms with Crippen LogP contribution in [0, 0.1) is 0 Å². The van der Waals surface area contributed by atoms with Gasteiger partial charge in [-0.25, -0.2) is 0 Å². The highest BCUT2D eigenvalue weighted by molar-refractivity contribution is 5.94. The Morgan fingerprint density at radius 3 is 2.33 bits per heavy atom. The monoisotopic (exact) mass is 408 g/mol. The summed E-state index contributed by atoms with van der Waals surface area (Å²) in [5.74, 6) is 1.52. The van der Waals surface area contributed by atoms with E-state index < -0.39 is 0 Å². The molecule has 2 aliphatic rings. The van der Waals surface area contributed by atoms with E-state index >= 15 is 0 Å². The second kappa shape index (κ2) is 9.52. The molecule has 1 atom stereocenters. The quantitative estimate of drug-likeness (QED) is 0.697. The molecule has 1 amide bonds. The van der Waals surface area contributed by atoms with Crippen molar-refractivity contribution in [3.63, 3.8) is 0 Å². The molecule has 30 heavy (non-hydrogen) atoms. The van der Waals surface area contributed by atoms with Crippen LogP contribution >= 0.6 is 0 Å². The fourth-order valence-corrected chi connectivity index (χ4v) is 4.71. The Labute approximate surface area is 179 Å². The summed E-state index contributed by atoms with van der Waals surface area (Å²) in [5.41, 5.74) is 3.15. The molecule has 0 aromatic heterocycles. The number of hydrogen-bond acceptors (Lipinski definition) is 4. The zero-order valence-corrected chi connectivity index (χ0v) is 18.1. The van der Waals surface area contributed by atoms with Crippen molar-refractivity contribution in [2.75, 3.05) is 33.9 Å². The molecule has 2 aromatic rings. The summed E-state index contributed by atoms with van der Waals surface area (Å²) in [6, 6.07) is 14.2. The van der Waals surface area contributed by atoms with Crippen molar-refractivity contribution < 1.29 is 14.3 Å². The molecule has 1 unspecified atom stereocenters. The molecule has 0 N–H and O–H groups in total. The zero-order valence-electron chi connectivity index (χ0n) is 18.1. The Bertz CT molecular complexity index is 859. The molecule has 2 heterocycles. The maximum Gasteiger partial charge on any atom is 0.254 e. The van der Waals surface area contributed by atoms with Crippen LogP contribution in [-0.2, 0) is 6.54 Å². The number of hydrogen-bond donors (Lipinski definition) is 0. The van der Waals surface area contributed by atoms with E-state index in [1.807, 2.05) is 35.2 Å². The van der Waals surface area contributed by atoms with Crippen molar-refractivity contribution in [2.24, 2.45) is 0 Å². The first-order chi connectivity index (χ1) is 14.7. The van der Waals surface area contributed by atoms with Crippen LogP contribution in [0.3, 0.4) is 0 Å². The molecule has 2 fully saturated rings. The summed E-state index contributed by atoms with van der Waals surface area (Å²) in [7, 11) is 3.28. The van der Waals surface area contributed by atoms with Crippen LogP contribution in [0.2, 0.25) is 0 Å². The van der Waals surface area contributed by atoms with E-state index in [9.17, 15) is 4.79 Å². The van der Waals surface area contributed by atoms with E-state index in [-0.39, 0.29) is 11.9 Å². The highest BCUT2D eigenvalue weighted by Crippen LogP contribution is 2.37. The van der Waals surface area contributed by atoms with Gasteiger partial charge in [0.05, 0.1) is 20.3 Å². The molecule has 0 saturated carbocycles. The van der Waals surface area contributed by atoms with E-state index in [1.54, 1.807) is 14.2 Å². The summed E-state index contributed by atoms with van der Waals surface area (Å²) >= 11 is 0. The van der Waals surface area contributed by atoms with E-state index in [1.165, 1.54) is 37.9 Å². The third-order valence-electron chi connectivity index (χ3n) is 6.36. The minimum absolute atomic E-state index is 0.0744. The average molecular weight is 409 g/mol. The largest absolute Gasteiger partial charge is 0.493 e. The lowest BCUT2D eigenvalue weighted by Crippen LogP contribution is -2.31. The molecular formula is C25H32N2O3. The van der Waals surface area contributed by atoms with Gasteiger partial charge >= 0.3 is 0 Å². The predicted octanol–water partition coefficient (Wildman–Crippen LogP) is 4.67. The van der Waals surface area contributed by atoms with Crippen LogP contribution < -0.4 is 9.47 Å². The molecule has 5 heteroatoms. The van der Waals surface area contributed by atoms with E-state index in [2.05, 4.69) is 17.0 Å². The maximum absolute atomic E-state index is 13.3. The van der Waals surface area contributed by atoms with Gasteiger partial charge in [-0.3, -0.25) is 9.69 Å². The Morgan fingerprint density at radius 1 is 0.900 bits per heavy atom. The second-order valence-electron chi connectivity index (χ2n) is 8.30. The van der Waals surface area contributed by atoms with Crippen LogP contribution in [-0.4, -0.2) is 49.6 Å². The minimum atomic E-state index is 0.0744. The van der Waals surface area contributed by atoms with Crippen molar-refractivity contribution in [1.29, 1.82) is 0 Å². The number of piperidine rings is 1. The Morgan fingerprint density at radius 2 is 1.63 bits per heavy atom. The van der Waals surface area contributed by atoms with E-state index in [0.717, 1.165) is 37.1 Å². The number of carbonyl (C=O) groups excluding carboxylic acids is 1. The maximum atomic E-state index is 13.3. The predicted molar refractivity (Wildman–Crippen MR) is 118 cm³/mol. The third-order valence-corrected chi connectivity index (χ3v) is 6.36. The fourth-order valence-electron chi connectivity index (χ4n) is 4.71. The van der Waals surface area contributed by atoms with Gasteiger partial charge in [0.2, 0.25) is 0 Å². The number of ether oxygens (including phenoxy) is 2. The Kier molecular flexibility index (Phi) is 6.58. The molecule has 2 aromatic carbocycles. The van der Waals surface area contributed by atoms with Gasteiger partial charge in [0.1, 0.15) is 0 Å². The number of rotatable bonds is 6. The van der Waals surface area contributed by atoms with Crippen LogP contribution in [0.25, 0.3) is 0 Å². The molecule has 0 aliphatic carbocycles. The van der Waals surface area contributed by atoms with Crippen molar-refractivity contribution in [3.8, 4) is 11.5 Å². The molecule has 0 radical (unpaired) electrons. The highest BCUT2D eigenvalue weighted by atomic mass is 16.5. The number of amides is 1. The van der Waals surface area contributed by atoms with Crippen LogP contribution in [0.4, 0.5) is 0 Å². The van der Waals surface area contributed by atoms with Crippen LogP contribution in [0.15, 0.2) is 42.5 Å². The lowest BCUT2D eigenvalue weighted by atomic mass is 10.0. The van der Waals surface area contributed by atoms with Gasteiger partial charge < -0.3 is 14.4 Å². The Balaban J connectivity index is 1.47. The van der Waals surface area contributed by atoms with E-state index in [4.69, 9.17) is 9.47 Å². The molecule has 0 bridgehead atoms. The fraction of sp³-hybridized carbons (Fsp3) is 0.480. The molecule has 2 saturated heterocycles. The number of nitrogens with zero attached hydrogens (tertiary/aromatic N) is 2. The van der Waals surface area contributed by atoms with Crippen molar-refractivity contribution in [3.05, 3.63) is 59.2 Å². The van der Waals surface area contributed by atoms with Crippen molar-refractivity contribution >= 4 is 5.91 Å². The van der Waals surface area contributed by atoms with Gasteiger partial charge in [-0.2, -0.15) is 0 Å². The van der Waals surface area contributed by atoms with Gasteiger partial charge in [0.25, 0.3) is 5.91 Å². The molecule has 0 spiro atoms. The first kappa shape index (κ1) is 20.7. The standard InChI is InChI=1S/C25H32N2O3/c1-29-23-13-12-21(17-24(23)30-2)22-7-6-16-27(22)25(28)20-10-8-19(9-11-20)18-26-14-4-3-5-15-26/h8-13,17,22H,3-7,14-16,18H2,1-2H3. The topological polar surface area (TPSA) is 42.0 Å². The average Bonchev–Trinajstić information content (AvgIpc) is 3.29. The normalized spacial score (nSPS) is 19.7. The smallest absolute Gasteiger partial charge is 0.254 e. The summed E-state index contributed by atoms with van der Waals surface area (Å²) in [4.78, 5) is 17.8. The van der Waals surface area contributed by atoms with Crippen molar-refractivity contribution in [2.45, 2.75) is 44.7 Å². The third kappa shape index (κ3) is 4.46. The Hall–Kier alpha value is -2.53.